The third-order valence-corrected chi connectivity index (χ3v) is 3.19. The lowest BCUT2D eigenvalue weighted by Crippen LogP contribution is -2.44. The Kier molecular flexibility index (Phi) is 5.77. The van der Waals surface area contributed by atoms with Gasteiger partial charge in [0, 0.05) is 25.6 Å². The van der Waals surface area contributed by atoms with Gasteiger partial charge in [-0.3, -0.25) is 4.79 Å². The lowest BCUT2D eigenvalue weighted by molar-refractivity contribution is -0.122. The number of rotatable bonds is 5. The minimum absolute atomic E-state index is 0.121. The molecule has 0 aromatic heterocycles. The van der Waals surface area contributed by atoms with Gasteiger partial charge in [-0.1, -0.05) is 20.8 Å². The van der Waals surface area contributed by atoms with Gasteiger partial charge in [-0.25, -0.2) is 0 Å². The van der Waals surface area contributed by atoms with Crippen LogP contribution in [0.4, 0.5) is 0 Å². The molecule has 1 amide bonds. The highest BCUT2D eigenvalue weighted by atomic mass is 16.5. The standard InChI is InChI=1S/C12H24N2O2/c1-9(2)10(3)7-14-12(15)6-11-8-16-5-4-13-11/h9-11,13H,4-8H2,1-3H3,(H,14,15). The molecular weight excluding hydrogens is 204 g/mol. The summed E-state index contributed by atoms with van der Waals surface area (Å²) in [5, 5.41) is 6.25. The molecule has 2 unspecified atom stereocenters. The molecule has 1 rings (SSSR count). The molecule has 0 bridgehead atoms. The number of hydrogen-bond acceptors (Lipinski definition) is 3. The Bertz CT molecular complexity index is 213. The van der Waals surface area contributed by atoms with Crippen molar-refractivity contribution in [3.8, 4) is 0 Å². The highest BCUT2D eigenvalue weighted by Gasteiger charge is 2.17. The second-order valence-electron chi connectivity index (χ2n) is 4.96. The van der Waals surface area contributed by atoms with Crippen LogP contribution in [0, 0.1) is 11.8 Å². The van der Waals surface area contributed by atoms with E-state index in [2.05, 4.69) is 31.4 Å². The van der Waals surface area contributed by atoms with Crippen LogP contribution in [-0.4, -0.2) is 38.3 Å². The number of hydrogen-bond donors (Lipinski definition) is 2. The summed E-state index contributed by atoms with van der Waals surface area (Å²) in [6.45, 7) is 9.52. The SMILES string of the molecule is CC(C)C(C)CNC(=O)CC1COCCN1. The van der Waals surface area contributed by atoms with Crippen molar-refractivity contribution in [3.63, 3.8) is 0 Å². The minimum Gasteiger partial charge on any atom is -0.378 e. The number of carbonyl (C=O) groups excluding carboxylic acids is 1. The average Bonchev–Trinajstić information content (AvgIpc) is 2.27. The first-order chi connectivity index (χ1) is 7.59. The van der Waals surface area contributed by atoms with E-state index in [9.17, 15) is 4.79 Å². The molecule has 0 aromatic carbocycles. The summed E-state index contributed by atoms with van der Waals surface area (Å²) >= 11 is 0. The van der Waals surface area contributed by atoms with Crippen molar-refractivity contribution in [1.82, 2.24) is 10.6 Å². The third kappa shape index (κ3) is 4.94. The van der Waals surface area contributed by atoms with Crippen molar-refractivity contribution < 1.29 is 9.53 Å². The van der Waals surface area contributed by atoms with E-state index >= 15 is 0 Å². The Labute approximate surface area is 98.1 Å². The molecular formula is C12H24N2O2. The van der Waals surface area contributed by atoms with E-state index in [0.29, 0.717) is 24.9 Å². The zero-order valence-electron chi connectivity index (χ0n) is 10.6. The van der Waals surface area contributed by atoms with Gasteiger partial charge in [0.15, 0.2) is 0 Å². The van der Waals surface area contributed by atoms with Gasteiger partial charge >= 0.3 is 0 Å². The van der Waals surface area contributed by atoms with E-state index in [1.165, 1.54) is 0 Å². The van der Waals surface area contributed by atoms with Crippen LogP contribution in [0.2, 0.25) is 0 Å². The molecule has 1 fully saturated rings. The Morgan fingerprint density at radius 1 is 1.50 bits per heavy atom. The van der Waals surface area contributed by atoms with Crippen molar-refractivity contribution in [2.24, 2.45) is 11.8 Å². The molecule has 0 radical (unpaired) electrons. The molecule has 2 N–H and O–H groups in total. The number of ether oxygens (including phenoxy) is 1. The molecule has 1 aliphatic heterocycles. The highest BCUT2D eigenvalue weighted by molar-refractivity contribution is 5.76. The van der Waals surface area contributed by atoms with Crippen molar-refractivity contribution >= 4 is 5.91 Å². The van der Waals surface area contributed by atoms with Gasteiger partial charge in [-0.05, 0) is 11.8 Å². The molecule has 1 saturated heterocycles. The summed E-state index contributed by atoms with van der Waals surface area (Å²) in [5.41, 5.74) is 0. The lowest BCUT2D eigenvalue weighted by Gasteiger charge is -2.23. The van der Waals surface area contributed by atoms with Crippen LogP contribution in [0.1, 0.15) is 27.2 Å². The van der Waals surface area contributed by atoms with Gasteiger partial charge in [0.1, 0.15) is 0 Å². The molecule has 94 valence electrons. The Morgan fingerprint density at radius 2 is 2.25 bits per heavy atom. The Hall–Kier alpha value is -0.610. The van der Waals surface area contributed by atoms with Crippen molar-refractivity contribution in [1.29, 1.82) is 0 Å². The monoisotopic (exact) mass is 228 g/mol. The number of nitrogens with one attached hydrogen (secondary N) is 2. The number of morpholine rings is 1. The fraction of sp³-hybridized carbons (Fsp3) is 0.917. The maximum Gasteiger partial charge on any atom is 0.221 e. The predicted octanol–water partition coefficient (Wildman–Crippen LogP) is 0.773. The van der Waals surface area contributed by atoms with Crippen molar-refractivity contribution in [2.45, 2.75) is 33.2 Å². The molecule has 16 heavy (non-hydrogen) atoms. The van der Waals surface area contributed by atoms with Gasteiger partial charge in [0.2, 0.25) is 5.91 Å². The van der Waals surface area contributed by atoms with Crippen LogP contribution in [-0.2, 0) is 9.53 Å². The molecule has 0 aromatic rings. The summed E-state index contributed by atoms with van der Waals surface area (Å²) in [4.78, 5) is 11.6. The van der Waals surface area contributed by atoms with Gasteiger partial charge in [0.05, 0.1) is 13.2 Å². The van der Waals surface area contributed by atoms with E-state index in [0.717, 1.165) is 19.7 Å². The van der Waals surface area contributed by atoms with E-state index in [1.807, 2.05) is 0 Å². The molecule has 1 heterocycles. The predicted molar refractivity (Wildman–Crippen MR) is 64.2 cm³/mol. The second kappa shape index (κ2) is 6.86. The van der Waals surface area contributed by atoms with Crippen LogP contribution >= 0.6 is 0 Å². The smallest absolute Gasteiger partial charge is 0.221 e. The van der Waals surface area contributed by atoms with Crippen LogP contribution in [0.3, 0.4) is 0 Å². The largest absolute Gasteiger partial charge is 0.378 e. The summed E-state index contributed by atoms with van der Waals surface area (Å²) in [6.07, 6.45) is 0.519. The quantitative estimate of drug-likeness (QED) is 0.731. The number of carbonyl (C=O) groups is 1. The first kappa shape index (κ1) is 13.5. The topological polar surface area (TPSA) is 50.4 Å². The first-order valence-corrected chi connectivity index (χ1v) is 6.17. The summed E-state index contributed by atoms with van der Waals surface area (Å²) < 4.78 is 5.30. The summed E-state index contributed by atoms with van der Waals surface area (Å²) in [5.74, 6) is 1.26. The van der Waals surface area contributed by atoms with Crippen LogP contribution in [0.5, 0.6) is 0 Å². The normalized spacial score (nSPS) is 23.1. The van der Waals surface area contributed by atoms with E-state index in [4.69, 9.17) is 4.74 Å². The maximum atomic E-state index is 11.6. The maximum absolute atomic E-state index is 11.6. The average molecular weight is 228 g/mol. The molecule has 0 spiro atoms. The van der Waals surface area contributed by atoms with Gasteiger partial charge in [-0.15, -0.1) is 0 Å². The van der Waals surface area contributed by atoms with Crippen molar-refractivity contribution in [2.75, 3.05) is 26.3 Å². The third-order valence-electron chi connectivity index (χ3n) is 3.19. The van der Waals surface area contributed by atoms with Crippen LogP contribution < -0.4 is 10.6 Å². The highest BCUT2D eigenvalue weighted by Crippen LogP contribution is 2.07. The van der Waals surface area contributed by atoms with Crippen LogP contribution in [0.25, 0.3) is 0 Å². The summed E-state index contributed by atoms with van der Waals surface area (Å²) in [6, 6.07) is 0.183. The minimum atomic E-state index is 0.121. The molecule has 1 aliphatic rings. The fourth-order valence-corrected chi connectivity index (χ4v) is 1.56. The lowest BCUT2D eigenvalue weighted by atomic mass is 9.98. The summed E-state index contributed by atoms with van der Waals surface area (Å²) in [7, 11) is 0. The number of amides is 1. The first-order valence-electron chi connectivity index (χ1n) is 6.17. The zero-order valence-corrected chi connectivity index (χ0v) is 10.6. The van der Waals surface area contributed by atoms with Gasteiger partial charge in [0.25, 0.3) is 0 Å². The Balaban J connectivity index is 2.14. The fourth-order valence-electron chi connectivity index (χ4n) is 1.56. The molecule has 4 heteroatoms. The second-order valence-corrected chi connectivity index (χ2v) is 4.96. The molecule has 0 aliphatic carbocycles. The van der Waals surface area contributed by atoms with Crippen LogP contribution in [0.15, 0.2) is 0 Å². The molecule has 4 nitrogen and oxygen atoms in total. The van der Waals surface area contributed by atoms with E-state index < -0.39 is 0 Å². The van der Waals surface area contributed by atoms with Gasteiger partial charge < -0.3 is 15.4 Å². The molecule has 2 atom stereocenters. The van der Waals surface area contributed by atoms with E-state index in [1.54, 1.807) is 0 Å². The van der Waals surface area contributed by atoms with Gasteiger partial charge in [-0.2, -0.15) is 0 Å². The van der Waals surface area contributed by atoms with Crippen molar-refractivity contribution in [3.05, 3.63) is 0 Å². The van der Waals surface area contributed by atoms with E-state index in [-0.39, 0.29) is 11.9 Å². The zero-order chi connectivity index (χ0) is 12.0. The molecule has 0 saturated carbocycles. The Morgan fingerprint density at radius 3 is 2.81 bits per heavy atom.